The molecule has 4 N–H and O–H groups in total. The van der Waals surface area contributed by atoms with Crippen LogP contribution in [0.1, 0.15) is 33.1 Å². The molecule has 1 aliphatic heterocycles. The van der Waals surface area contributed by atoms with Crippen molar-refractivity contribution in [1.29, 1.82) is 0 Å². The van der Waals surface area contributed by atoms with Crippen LogP contribution >= 0.6 is 0 Å². The molecule has 0 saturated carbocycles. The SMILES string of the molecule is CC[C@H](C)[C@H](NC(=O)[C@@H]1CCCN1C(=O)CN)C(=O)O. The van der Waals surface area contributed by atoms with Gasteiger partial charge in [-0.25, -0.2) is 4.79 Å². The van der Waals surface area contributed by atoms with Crippen LogP contribution in [0.25, 0.3) is 0 Å². The Morgan fingerprint density at radius 3 is 2.60 bits per heavy atom. The predicted molar refractivity (Wildman–Crippen MR) is 72.8 cm³/mol. The van der Waals surface area contributed by atoms with Crippen LogP contribution in [-0.4, -0.2) is 53.0 Å². The van der Waals surface area contributed by atoms with Crippen LogP contribution in [0.5, 0.6) is 0 Å². The number of carboxylic acid groups (broad SMARTS) is 1. The molecule has 0 aromatic carbocycles. The van der Waals surface area contributed by atoms with E-state index >= 15 is 0 Å². The molecule has 114 valence electrons. The van der Waals surface area contributed by atoms with Gasteiger partial charge in [0, 0.05) is 6.54 Å². The third-order valence-electron chi connectivity index (χ3n) is 3.83. The van der Waals surface area contributed by atoms with E-state index in [4.69, 9.17) is 5.73 Å². The molecular formula is C13H23N3O4. The van der Waals surface area contributed by atoms with Gasteiger partial charge in [0.1, 0.15) is 12.1 Å². The summed E-state index contributed by atoms with van der Waals surface area (Å²) in [6.45, 7) is 4.00. The number of rotatable bonds is 6. The molecule has 1 rings (SSSR count). The van der Waals surface area contributed by atoms with Gasteiger partial charge in [-0.3, -0.25) is 9.59 Å². The molecule has 1 aliphatic rings. The topological polar surface area (TPSA) is 113 Å². The van der Waals surface area contributed by atoms with Gasteiger partial charge in [0.2, 0.25) is 11.8 Å². The van der Waals surface area contributed by atoms with E-state index in [0.29, 0.717) is 19.4 Å². The highest BCUT2D eigenvalue weighted by molar-refractivity contribution is 5.91. The average molecular weight is 285 g/mol. The van der Waals surface area contributed by atoms with Crippen LogP contribution in [-0.2, 0) is 14.4 Å². The van der Waals surface area contributed by atoms with Crippen molar-refractivity contribution in [2.45, 2.75) is 45.2 Å². The Morgan fingerprint density at radius 1 is 1.45 bits per heavy atom. The molecule has 0 bridgehead atoms. The number of carboxylic acids is 1. The summed E-state index contributed by atoms with van der Waals surface area (Å²) in [5, 5.41) is 11.7. The van der Waals surface area contributed by atoms with Gasteiger partial charge in [-0.15, -0.1) is 0 Å². The molecule has 7 nitrogen and oxygen atoms in total. The Bertz CT molecular complexity index is 386. The van der Waals surface area contributed by atoms with E-state index < -0.39 is 24.0 Å². The van der Waals surface area contributed by atoms with E-state index in [1.54, 1.807) is 6.92 Å². The van der Waals surface area contributed by atoms with Gasteiger partial charge in [0.15, 0.2) is 0 Å². The third-order valence-corrected chi connectivity index (χ3v) is 3.83. The van der Waals surface area contributed by atoms with Crippen LogP contribution in [0.4, 0.5) is 0 Å². The number of aliphatic carboxylic acids is 1. The number of carbonyl (C=O) groups is 3. The van der Waals surface area contributed by atoms with E-state index in [0.717, 1.165) is 6.42 Å². The van der Waals surface area contributed by atoms with Crippen LogP contribution in [0, 0.1) is 5.92 Å². The lowest BCUT2D eigenvalue weighted by molar-refractivity contribution is -0.145. The van der Waals surface area contributed by atoms with Crippen LogP contribution in [0.15, 0.2) is 0 Å². The average Bonchev–Trinajstić information content (AvgIpc) is 2.91. The molecule has 1 fully saturated rings. The van der Waals surface area contributed by atoms with E-state index in [1.165, 1.54) is 4.90 Å². The number of carbonyl (C=O) groups excluding carboxylic acids is 2. The van der Waals surface area contributed by atoms with Gasteiger partial charge >= 0.3 is 5.97 Å². The molecule has 1 saturated heterocycles. The largest absolute Gasteiger partial charge is 0.480 e. The maximum absolute atomic E-state index is 12.2. The number of likely N-dealkylation sites (tertiary alicyclic amines) is 1. The van der Waals surface area contributed by atoms with Crippen LogP contribution < -0.4 is 11.1 Å². The Balaban J connectivity index is 2.73. The fourth-order valence-corrected chi connectivity index (χ4v) is 2.39. The fraction of sp³-hybridized carbons (Fsp3) is 0.769. The highest BCUT2D eigenvalue weighted by Crippen LogP contribution is 2.18. The third kappa shape index (κ3) is 3.69. The van der Waals surface area contributed by atoms with Gasteiger partial charge < -0.3 is 21.1 Å². The molecular weight excluding hydrogens is 262 g/mol. The van der Waals surface area contributed by atoms with Crippen molar-refractivity contribution in [2.75, 3.05) is 13.1 Å². The summed E-state index contributed by atoms with van der Waals surface area (Å²) < 4.78 is 0. The first-order valence-corrected chi connectivity index (χ1v) is 6.95. The summed E-state index contributed by atoms with van der Waals surface area (Å²) in [6, 6.07) is -1.53. The molecule has 20 heavy (non-hydrogen) atoms. The molecule has 1 heterocycles. The van der Waals surface area contributed by atoms with Gasteiger partial charge in [0.25, 0.3) is 0 Å². The molecule has 7 heteroatoms. The minimum Gasteiger partial charge on any atom is -0.480 e. The molecule has 0 unspecified atom stereocenters. The first-order chi connectivity index (χ1) is 9.42. The summed E-state index contributed by atoms with van der Waals surface area (Å²) >= 11 is 0. The number of hydrogen-bond acceptors (Lipinski definition) is 4. The predicted octanol–water partition coefficient (Wildman–Crippen LogP) is -0.448. The molecule has 0 spiro atoms. The highest BCUT2D eigenvalue weighted by atomic mass is 16.4. The normalized spacial score (nSPS) is 21.4. The van der Waals surface area contributed by atoms with Gasteiger partial charge in [-0.2, -0.15) is 0 Å². The van der Waals surface area contributed by atoms with E-state index in [1.807, 2.05) is 6.92 Å². The van der Waals surface area contributed by atoms with Crippen molar-refractivity contribution in [1.82, 2.24) is 10.2 Å². The minimum atomic E-state index is -1.05. The lowest BCUT2D eigenvalue weighted by Gasteiger charge is -2.26. The first kappa shape index (κ1) is 16.4. The molecule has 0 aromatic rings. The number of nitrogens with one attached hydrogen (secondary N) is 1. The van der Waals surface area contributed by atoms with Crippen molar-refractivity contribution in [3.05, 3.63) is 0 Å². The number of amides is 2. The molecule has 0 radical (unpaired) electrons. The Hall–Kier alpha value is -1.63. The monoisotopic (exact) mass is 285 g/mol. The van der Waals surface area contributed by atoms with Gasteiger partial charge in [-0.05, 0) is 18.8 Å². The van der Waals surface area contributed by atoms with Crippen molar-refractivity contribution >= 4 is 17.8 Å². The Labute approximate surface area is 118 Å². The summed E-state index contributed by atoms with van der Waals surface area (Å²) in [5.74, 6) is -1.91. The molecule has 3 atom stereocenters. The molecule has 2 amide bonds. The second-order valence-corrected chi connectivity index (χ2v) is 5.16. The van der Waals surface area contributed by atoms with Gasteiger partial charge in [0.05, 0.1) is 6.54 Å². The minimum absolute atomic E-state index is 0.141. The van der Waals surface area contributed by atoms with Crippen LogP contribution in [0.2, 0.25) is 0 Å². The van der Waals surface area contributed by atoms with E-state index in [9.17, 15) is 19.5 Å². The lowest BCUT2D eigenvalue weighted by atomic mass is 9.99. The number of nitrogens with zero attached hydrogens (tertiary/aromatic N) is 1. The standard InChI is InChI=1S/C13H23N3O4/c1-3-8(2)11(13(19)20)15-12(18)9-5-4-6-16(9)10(17)7-14/h8-9,11H,3-7,14H2,1-2H3,(H,15,18)(H,19,20)/t8-,9-,11-/m0/s1. The summed E-state index contributed by atoms with van der Waals surface area (Å²) in [7, 11) is 0. The lowest BCUT2D eigenvalue weighted by Crippen LogP contribution is -2.53. The molecule has 0 aromatic heterocycles. The Morgan fingerprint density at radius 2 is 2.10 bits per heavy atom. The van der Waals surface area contributed by atoms with Gasteiger partial charge in [-0.1, -0.05) is 20.3 Å². The Kier molecular flexibility index (Phi) is 5.94. The smallest absolute Gasteiger partial charge is 0.326 e. The second kappa shape index (κ2) is 7.23. The number of hydrogen-bond donors (Lipinski definition) is 3. The van der Waals surface area contributed by atoms with E-state index in [2.05, 4.69) is 5.32 Å². The zero-order valence-corrected chi connectivity index (χ0v) is 12.0. The van der Waals surface area contributed by atoms with Crippen LogP contribution in [0.3, 0.4) is 0 Å². The van der Waals surface area contributed by atoms with Crippen molar-refractivity contribution < 1.29 is 19.5 Å². The van der Waals surface area contributed by atoms with Crippen molar-refractivity contribution in [2.24, 2.45) is 11.7 Å². The second-order valence-electron chi connectivity index (χ2n) is 5.16. The zero-order valence-electron chi connectivity index (χ0n) is 12.0. The maximum Gasteiger partial charge on any atom is 0.326 e. The molecule has 0 aliphatic carbocycles. The van der Waals surface area contributed by atoms with Crippen molar-refractivity contribution in [3.8, 4) is 0 Å². The van der Waals surface area contributed by atoms with Crippen molar-refractivity contribution in [3.63, 3.8) is 0 Å². The summed E-state index contributed by atoms with van der Waals surface area (Å²) in [6.07, 6.45) is 1.92. The fourth-order valence-electron chi connectivity index (χ4n) is 2.39. The summed E-state index contributed by atoms with van der Waals surface area (Å²) in [5.41, 5.74) is 5.32. The van der Waals surface area contributed by atoms with E-state index in [-0.39, 0.29) is 18.4 Å². The number of nitrogens with two attached hydrogens (primary N) is 1. The quantitative estimate of drug-likeness (QED) is 0.612. The highest BCUT2D eigenvalue weighted by Gasteiger charge is 2.36. The zero-order chi connectivity index (χ0) is 15.3. The summed E-state index contributed by atoms with van der Waals surface area (Å²) in [4.78, 5) is 36.5. The maximum atomic E-state index is 12.2. The first-order valence-electron chi connectivity index (χ1n) is 6.95.